The van der Waals surface area contributed by atoms with Gasteiger partial charge in [-0.25, -0.2) is 4.39 Å². The van der Waals surface area contributed by atoms with Crippen LogP contribution in [0.15, 0.2) is 24.3 Å². The summed E-state index contributed by atoms with van der Waals surface area (Å²) in [5, 5.41) is 3.33. The molecule has 0 atom stereocenters. The van der Waals surface area contributed by atoms with Crippen molar-refractivity contribution in [3.05, 3.63) is 35.6 Å². The number of carbonyl (C=O) groups is 1. The van der Waals surface area contributed by atoms with Crippen molar-refractivity contribution < 1.29 is 9.18 Å². The highest BCUT2D eigenvalue weighted by Gasteiger charge is 2.54. The first-order chi connectivity index (χ1) is 11.1. The van der Waals surface area contributed by atoms with Crippen LogP contribution in [0.3, 0.4) is 0 Å². The van der Waals surface area contributed by atoms with Crippen LogP contribution in [0.25, 0.3) is 0 Å². The molecule has 0 spiro atoms. The molecule has 3 aliphatic rings. The molecular weight excluding hydrogens is 291 g/mol. The molecule has 124 valence electrons. The van der Waals surface area contributed by atoms with Gasteiger partial charge in [0.1, 0.15) is 5.82 Å². The molecule has 1 saturated heterocycles. The summed E-state index contributed by atoms with van der Waals surface area (Å²) in [4.78, 5) is 15.3. The molecule has 1 aliphatic heterocycles. The fourth-order valence-electron chi connectivity index (χ4n) is 3.86. The lowest BCUT2D eigenvalue weighted by Crippen LogP contribution is -2.48. The molecule has 1 heterocycles. The first-order valence-electron chi connectivity index (χ1n) is 8.89. The van der Waals surface area contributed by atoms with Crippen LogP contribution in [-0.2, 0) is 11.2 Å². The summed E-state index contributed by atoms with van der Waals surface area (Å²) >= 11 is 0. The molecule has 0 unspecified atom stereocenters. The number of amides is 1. The molecule has 0 bridgehead atoms. The second-order valence-corrected chi connectivity index (χ2v) is 7.77. The predicted molar refractivity (Wildman–Crippen MR) is 87.6 cm³/mol. The number of hydrogen-bond donors (Lipinski definition) is 1. The summed E-state index contributed by atoms with van der Waals surface area (Å²) in [7, 11) is 0. The monoisotopic (exact) mass is 316 g/mol. The minimum absolute atomic E-state index is 0.00620. The number of likely N-dealkylation sites (tertiary alicyclic amines) is 1. The van der Waals surface area contributed by atoms with Crippen molar-refractivity contribution in [2.24, 2.45) is 5.41 Å². The normalized spacial score (nSPS) is 24.4. The van der Waals surface area contributed by atoms with Crippen LogP contribution in [0.5, 0.6) is 0 Å². The standard InChI is InChI=1S/C19H25FN2O/c20-16-6-2-1-5-15(16)13-18(7-8-18)17(23)21-19(9-10-19)14-22-11-3-4-12-22/h1-2,5-6H,3-4,7-14H2,(H,21,23). The average molecular weight is 316 g/mol. The number of nitrogens with one attached hydrogen (secondary N) is 1. The maximum absolute atomic E-state index is 13.9. The number of rotatable bonds is 6. The zero-order valence-electron chi connectivity index (χ0n) is 13.6. The van der Waals surface area contributed by atoms with Gasteiger partial charge in [0.05, 0.1) is 11.0 Å². The summed E-state index contributed by atoms with van der Waals surface area (Å²) in [5.74, 6) is -0.0396. The maximum atomic E-state index is 13.9. The number of halogens is 1. The Morgan fingerprint density at radius 1 is 1.13 bits per heavy atom. The Kier molecular flexibility index (Phi) is 3.67. The molecular formula is C19H25FN2O. The van der Waals surface area contributed by atoms with Gasteiger partial charge in [-0.1, -0.05) is 18.2 Å². The first kappa shape index (κ1) is 15.1. The largest absolute Gasteiger partial charge is 0.349 e. The van der Waals surface area contributed by atoms with E-state index in [0.29, 0.717) is 12.0 Å². The van der Waals surface area contributed by atoms with Gasteiger partial charge in [-0.05, 0) is 69.7 Å². The van der Waals surface area contributed by atoms with E-state index < -0.39 is 0 Å². The molecule has 3 nitrogen and oxygen atoms in total. The van der Waals surface area contributed by atoms with E-state index in [1.54, 1.807) is 12.1 Å². The van der Waals surface area contributed by atoms with Gasteiger partial charge in [0.15, 0.2) is 0 Å². The Labute approximate surface area is 137 Å². The van der Waals surface area contributed by atoms with Gasteiger partial charge >= 0.3 is 0 Å². The topological polar surface area (TPSA) is 32.3 Å². The van der Waals surface area contributed by atoms with E-state index in [-0.39, 0.29) is 22.7 Å². The minimum Gasteiger partial charge on any atom is -0.349 e. The predicted octanol–water partition coefficient (Wildman–Crippen LogP) is 2.89. The van der Waals surface area contributed by atoms with Crippen molar-refractivity contribution in [2.45, 2.75) is 50.5 Å². The number of nitrogens with zero attached hydrogens (tertiary/aromatic N) is 1. The molecule has 2 aliphatic carbocycles. The molecule has 23 heavy (non-hydrogen) atoms. The Hall–Kier alpha value is -1.42. The Morgan fingerprint density at radius 2 is 1.83 bits per heavy atom. The third-order valence-electron chi connectivity index (χ3n) is 5.78. The van der Waals surface area contributed by atoms with E-state index in [0.717, 1.165) is 45.3 Å². The van der Waals surface area contributed by atoms with Crippen LogP contribution in [0.2, 0.25) is 0 Å². The molecule has 1 aromatic carbocycles. The fraction of sp³-hybridized carbons (Fsp3) is 0.632. The minimum atomic E-state index is -0.358. The lowest BCUT2D eigenvalue weighted by Gasteiger charge is -2.26. The molecule has 4 rings (SSSR count). The third-order valence-corrected chi connectivity index (χ3v) is 5.78. The van der Waals surface area contributed by atoms with Crippen molar-refractivity contribution in [1.82, 2.24) is 10.2 Å². The second kappa shape index (κ2) is 5.59. The molecule has 0 radical (unpaired) electrons. The summed E-state index contributed by atoms with van der Waals surface area (Å²) in [6.45, 7) is 3.32. The highest BCUT2D eigenvalue weighted by atomic mass is 19.1. The second-order valence-electron chi connectivity index (χ2n) is 7.77. The zero-order chi connectivity index (χ0) is 15.9. The SMILES string of the molecule is O=C(NC1(CN2CCCC2)CC1)C1(Cc2ccccc2F)CC1. The average Bonchev–Trinajstić information content (AvgIpc) is 3.42. The van der Waals surface area contributed by atoms with E-state index in [4.69, 9.17) is 0 Å². The van der Waals surface area contributed by atoms with E-state index in [2.05, 4.69) is 10.2 Å². The van der Waals surface area contributed by atoms with Gasteiger partial charge in [0, 0.05) is 6.54 Å². The molecule has 1 N–H and O–H groups in total. The van der Waals surface area contributed by atoms with Crippen LogP contribution in [-0.4, -0.2) is 36.0 Å². The van der Waals surface area contributed by atoms with E-state index in [1.807, 2.05) is 6.07 Å². The molecule has 1 amide bonds. The third kappa shape index (κ3) is 3.14. The quantitative estimate of drug-likeness (QED) is 0.875. The lowest BCUT2D eigenvalue weighted by molar-refractivity contribution is -0.127. The van der Waals surface area contributed by atoms with Crippen LogP contribution in [0.4, 0.5) is 4.39 Å². The summed E-state index contributed by atoms with van der Waals surface area (Å²) < 4.78 is 13.9. The molecule has 1 aromatic rings. The van der Waals surface area contributed by atoms with Gasteiger partial charge in [0.25, 0.3) is 0 Å². The summed E-state index contributed by atoms with van der Waals surface area (Å²) in [6.07, 6.45) is 7.03. The summed E-state index contributed by atoms with van der Waals surface area (Å²) in [6, 6.07) is 6.84. The zero-order valence-corrected chi connectivity index (χ0v) is 13.6. The Morgan fingerprint density at radius 3 is 2.43 bits per heavy atom. The van der Waals surface area contributed by atoms with Crippen molar-refractivity contribution >= 4 is 5.91 Å². The van der Waals surface area contributed by atoms with Crippen molar-refractivity contribution in [1.29, 1.82) is 0 Å². The van der Waals surface area contributed by atoms with Crippen molar-refractivity contribution in [3.8, 4) is 0 Å². The number of carbonyl (C=O) groups excluding carboxylic acids is 1. The van der Waals surface area contributed by atoms with E-state index in [1.165, 1.54) is 18.9 Å². The van der Waals surface area contributed by atoms with Gasteiger partial charge < -0.3 is 10.2 Å². The molecule has 0 aromatic heterocycles. The van der Waals surface area contributed by atoms with Crippen molar-refractivity contribution in [2.75, 3.05) is 19.6 Å². The molecule has 2 saturated carbocycles. The van der Waals surface area contributed by atoms with Gasteiger partial charge in [0.2, 0.25) is 5.91 Å². The number of benzene rings is 1. The van der Waals surface area contributed by atoms with E-state index >= 15 is 0 Å². The van der Waals surface area contributed by atoms with Crippen molar-refractivity contribution in [3.63, 3.8) is 0 Å². The maximum Gasteiger partial charge on any atom is 0.227 e. The fourth-order valence-corrected chi connectivity index (χ4v) is 3.86. The Bertz CT molecular complexity index is 601. The van der Waals surface area contributed by atoms with E-state index in [9.17, 15) is 9.18 Å². The smallest absolute Gasteiger partial charge is 0.227 e. The van der Waals surface area contributed by atoms with Crippen LogP contribution < -0.4 is 5.32 Å². The number of hydrogen-bond acceptors (Lipinski definition) is 2. The molecule has 3 fully saturated rings. The Balaban J connectivity index is 1.39. The van der Waals surface area contributed by atoms with Gasteiger partial charge in [-0.3, -0.25) is 4.79 Å². The lowest BCUT2D eigenvalue weighted by atomic mass is 9.94. The highest BCUT2D eigenvalue weighted by molar-refractivity contribution is 5.86. The molecule has 4 heteroatoms. The van der Waals surface area contributed by atoms with Gasteiger partial charge in [-0.2, -0.15) is 0 Å². The van der Waals surface area contributed by atoms with Crippen LogP contribution in [0, 0.1) is 11.2 Å². The summed E-state index contributed by atoms with van der Waals surface area (Å²) in [5.41, 5.74) is 0.319. The van der Waals surface area contributed by atoms with Crippen LogP contribution in [0.1, 0.15) is 44.1 Å². The first-order valence-corrected chi connectivity index (χ1v) is 8.89. The highest BCUT2D eigenvalue weighted by Crippen LogP contribution is 2.50. The van der Waals surface area contributed by atoms with Crippen LogP contribution >= 0.6 is 0 Å². The van der Waals surface area contributed by atoms with Gasteiger partial charge in [-0.15, -0.1) is 0 Å².